The predicted octanol–water partition coefficient (Wildman–Crippen LogP) is 2.65. The fourth-order valence-electron chi connectivity index (χ4n) is 2.67. The van der Waals surface area contributed by atoms with Crippen molar-refractivity contribution in [2.75, 3.05) is 5.73 Å². The Hall–Kier alpha value is -1.50. The molecule has 21 heavy (non-hydrogen) atoms. The van der Waals surface area contributed by atoms with Crippen LogP contribution in [-0.4, -0.2) is 24.5 Å². The van der Waals surface area contributed by atoms with Crippen molar-refractivity contribution in [3.8, 4) is 0 Å². The molecule has 0 bridgehead atoms. The summed E-state index contributed by atoms with van der Waals surface area (Å²) in [6.07, 6.45) is 5.73. The van der Waals surface area contributed by atoms with Gasteiger partial charge < -0.3 is 10.3 Å². The number of anilines is 1. The smallest absolute Gasteiger partial charge is 0.197 e. The van der Waals surface area contributed by atoms with Crippen LogP contribution in [-0.2, 0) is 19.5 Å². The average Bonchev–Trinajstić information content (AvgIpc) is 2.85. The van der Waals surface area contributed by atoms with E-state index < -0.39 is 0 Å². The van der Waals surface area contributed by atoms with Crippen LogP contribution in [0.2, 0.25) is 0 Å². The summed E-state index contributed by atoms with van der Waals surface area (Å²) in [6.45, 7) is 5.98. The molecular weight excluding hydrogens is 284 g/mol. The molecule has 0 spiro atoms. The Bertz CT molecular complexity index is 630. The summed E-state index contributed by atoms with van der Waals surface area (Å²) in [5.41, 5.74) is 7.85. The number of nitrogens with two attached hydrogens (primary N) is 1. The van der Waals surface area contributed by atoms with Crippen LogP contribution < -0.4 is 5.73 Å². The lowest BCUT2D eigenvalue weighted by Crippen LogP contribution is -2.05. The topological polar surface area (TPSA) is 74.6 Å². The third kappa shape index (κ3) is 2.79. The minimum Gasteiger partial charge on any atom is -0.395 e. The second-order valence-electron chi connectivity index (χ2n) is 5.49. The van der Waals surface area contributed by atoms with Crippen molar-refractivity contribution in [3.05, 3.63) is 11.5 Å². The number of nitrogens with zero attached hydrogens (tertiary/aromatic N) is 5. The molecule has 1 aliphatic rings. The Kier molecular flexibility index (Phi) is 4.19. The molecule has 0 radical (unpaired) electrons. The average molecular weight is 306 g/mol. The number of hydrogen-bond acceptors (Lipinski definition) is 5. The molecule has 0 saturated heterocycles. The first kappa shape index (κ1) is 14.4. The molecule has 2 aromatic rings. The third-order valence-electron chi connectivity index (χ3n) is 3.82. The quantitative estimate of drug-likeness (QED) is 0.940. The first-order chi connectivity index (χ1) is 10.2. The van der Waals surface area contributed by atoms with E-state index in [1.54, 1.807) is 11.8 Å². The first-order valence-corrected chi connectivity index (χ1v) is 8.45. The number of aromatic nitrogens is 5. The van der Waals surface area contributed by atoms with Crippen molar-refractivity contribution < 1.29 is 0 Å². The van der Waals surface area contributed by atoms with E-state index in [9.17, 15) is 0 Å². The maximum absolute atomic E-state index is 6.20. The molecule has 0 atom stereocenters. The summed E-state index contributed by atoms with van der Waals surface area (Å²) in [6, 6.07) is 0. The van der Waals surface area contributed by atoms with Crippen molar-refractivity contribution >= 4 is 17.4 Å². The highest BCUT2D eigenvalue weighted by Gasteiger charge is 2.20. The molecule has 7 heteroatoms. The number of rotatable bonds is 4. The minimum atomic E-state index is 0.763. The van der Waals surface area contributed by atoms with Crippen LogP contribution in [0.5, 0.6) is 0 Å². The van der Waals surface area contributed by atoms with E-state index in [1.807, 2.05) is 11.6 Å². The number of nitrogen functional groups attached to an aromatic ring is 1. The molecule has 0 aliphatic carbocycles. The van der Waals surface area contributed by atoms with E-state index in [4.69, 9.17) is 5.73 Å². The first-order valence-electron chi connectivity index (χ1n) is 7.63. The molecule has 0 amide bonds. The summed E-state index contributed by atoms with van der Waals surface area (Å²) in [5, 5.41) is 15.2. The van der Waals surface area contributed by atoms with Gasteiger partial charge in [0, 0.05) is 19.5 Å². The van der Waals surface area contributed by atoms with Crippen LogP contribution in [0, 0.1) is 6.92 Å². The molecule has 3 heterocycles. The van der Waals surface area contributed by atoms with Gasteiger partial charge in [0.15, 0.2) is 5.16 Å². The Morgan fingerprint density at radius 2 is 2.10 bits per heavy atom. The van der Waals surface area contributed by atoms with Gasteiger partial charge in [-0.25, -0.2) is 0 Å². The molecular formula is C14H22N6S. The van der Waals surface area contributed by atoms with E-state index in [0.717, 1.165) is 53.3 Å². The summed E-state index contributed by atoms with van der Waals surface area (Å²) in [7, 11) is 0. The summed E-state index contributed by atoms with van der Waals surface area (Å²) >= 11 is 1.60. The number of aryl methyl sites for hydroxylation is 3. The lowest BCUT2D eigenvalue weighted by atomic mass is 10.2. The van der Waals surface area contributed by atoms with Gasteiger partial charge in [0.2, 0.25) is 0 Å². The zero-order chi connectivity index (χ0) is 14.8. The van der Waals surface area contributed by atoms with Crippen molar-refractivity contribution in [1.29, 1.82) is 0 Å². The molecule has 3 rings (SSSR count). The fraction of sp³-hybridized carbons (Fsp3) is 0.643. The largest absolute Gasteiger partial charge is 0.395 e. The molecule has 6 nitrogen and oxygen atoms in total. The van der Waals surface area contributed by atoms with E-state index in [2.05, 4.69) is 26.8 Å². The standard InChI is InChI=1S/C14H22N6S/c1-3-8-20-13(12(15)10(2)18-20)21-14-17-16-11-7-5-4-6-9-19(11)14/h3-9,15H2,1-2H3. The summed E-state index contributed by atoms with van der Waals surface area (Å²) in [4.78, 5) is 0. The molecule has 114 valence electrons. The fourth-order valence-corrected chi connectivity index (χ4v) is 3.72. The van der Waals surface area contributed by atoms with Crippen LogP contribution in [0.1, 0.15) is 44.1 Å². The molecule has 0 unspecified atom stereocenters. The zero-order valence-electron chi connectivity index (χ0n) is 12.7. The van der Waals surface area contributed by atoms with Gasteiger partial charge >= 0.3 is 0 Å². The maximum Gasteiger partial charge on any atom is 0.197 e. The van der Waals surface area contributed by atoms with E-state index in [0.29, 0.717) is 0 Å². The summed E-state index contributed by atoms with van der Waals surface area (Å²) < 4.78 is 4.24. The number of fused-ring (bicyclic) bond motifs is 1. The minimum absolute atomic E-state index is 0.763. The van der Waals surface area contributed by atoms with Gasteiger partial charge in [0.1, 0.15) is 10.9 Å². The van der Waals surface area contributed by atoms with Crippen LogP contribution in [0.3, 0.4) is 0 Å². The SMILES string of the molecule is CCCn1nc(C)c(N)c1Sc1nnc2n1CCCCC2. The molecule has 2 N–H and O–H groups in total. The second kappa shape index (κ2) is 6.09. The predicted molar refractivity (Wildman–Crippen MR) is 83.4 cm³/mol. The third-order valence-corrected chi connectivity index (χ3v) is 4.93. The van der Waals surface area contributed by atoms with Gasteiger partial charge in [-0.05, 0) is 37.9 Å². The highest BCUT2D eigenvalue weighted by Crippen LogP contribution is 2.34. The van der Waals surface area contributed by atoms with Gasteiger partial charge in [-0.2, -0.15) is 5.10 Å². The van der Waals surface area contributed by atoms with E-state index >= 15 is 0 Å². The van der Waals surface area contributed by atoms with Crippen LogP contribution in [0.15, 0.2) is 10.2 Å². The van der Waals surface area contributed by atoms with Crippen molar-refractivity contribution in [2.24, 2.45) is 0 Å². The van der Waals surface area contributed by atoms with Crippen molar-refractivity contribution in [1.82, 2.24) is 24.5 Å². The van der Waals surface area contributed by atoms with Crippen molar-refractivity contribution in [3.63, 3.8) is 0 Å². The molecule has 2 aromatic heterocycles. The lowest BCUT2D eigenvalue weighted by molar-refractivity contribution is 0.553. The van der Waals surface area contributed by atoms with Crippen molar-refractivity contribution in [2.45, 2.75) is 69.2 Å². The normalized spacial score (nSPS) is 15.0. The molecule has 0 aromatic carbocycles. The Morgan fingerprint density at radius 1 is 1.24 bits per heavy atom. The zero-order valence-corrected chi connectivity index (χ0v) is 13.5. The molecule has 0 saturated carbocycles. The Morgan fingerprint density at radius 3 is 2.90 bits per heavy atom. The van der Waals surface area contributed by atoms with E-state index in [1.165, 1.54) is 19.3 Å². The number of hydrogen-bond donors (Lipinski definition) is 1. The highest BCUT2D eigenvalue weighted by molar-refractivity contribution is 7.99. The van der Waals surface area contributed by atoms with Gasteiger partial charge in [0.05, 0.1) is 11.4 Å². The lowest BCUT2D eigenvalue weighted by Gasteiger charge is -2.08. The van der Waals surface area contributed by atoms with Gasteiger partial charge in [-0.15, -0.1) is 10.2 Å². The van der Waals surface area contributed by atoms with Gasteiger partial charge in [0.25, 0.3) is 0 Å². The van der Waals surface area contributed by atoms with Crippen LogP contribution >= 0.6 is 11.8 Å². The van der Waals surface area contributed by atoms with Gasteiger partial charge in [-0.3, -0.25) is 4.68 Å². The second-order valence-corrected chi connectivity index (χ2v) is 6.45. The monoisotopic (exact) mass is 306 g/mol. The van der Waals surface area contributed by atoms with Gasteiger partial charge in [-0.1, -0.05) is 13.3 Å². The van der Waals surface area contributed by atoms with Crippen LogP contribution in [0.4, 0.5) is 5.69 Å². The summed E-state index contributed by atoms with van der Waals surface area (Å²) in [5.74, 6) is 1.10. The highest BCUT2D eigenvalue weighted by atomic mass is 32.2. The Balaban J connectivity index is 1.92. The maximum atomic E-state index is 6.20. The molecule has 0 fully saturated rings. The Labute approximate surface area is 129 Å². The van der Waals surface area contributed by atoms with E-state index in [-0.39, 0.29) is 0 Å². The molecule has 1 aliphatic heterocycles. The van der Waals surface area contributed by atoms with Crippen LogP contribution in [0.25, 0.3) is 0 Å².